The number of rotatable bonds is 4. The third kappa shape index (κ3) is 2.34. The highest BCUT2D eigenvalue weighted by molar-refractivity contribution is 5.81. The van der Waals surface area contributed by atoms with Crippen LogP contribution in [0.25, 0.3) is 0 Å². The Morgan fingerprint density at radius 3 is 2.79 bits per heavy atom. The average molecular weight is 191 g/mol. The van der Waals surface area contributed by atoms with E-state index in [1.165, 1.54) is 11.8 Å². The lowest BCUT2D eigenvalue weighted by molar-refractivity contribution is 0.474. The molecule has 0 fully saturated rings. The molecule has 1 aromatic rings. The summed E-state index contributed by atoms with van der Waals surface area (Å²) >= 11 is 0. The monoisotopic (exact) mass is 191 g/mol. The fourth-order valence-corrected chi connectivity index (χ4v) is 1.59. The Morgan fingerprint density at radius 1 is 1.50 bits per heavy atom. The second-order valence-electron chi connectivity index (χ2n) is 3.65. The van der Waals surface area contributed by atoms with Gasteiger partial charge in [-0.15, -0.1) is 0 Å². The zero-order valence-electron chi connectivity index (χ0n) is 8.75. The van der Waals surface area contributed by atoms with E-state index in [9.17, 15) is 5.11 Å². The van der Waals surface area contributed by atoms with Gasteiger partial charge in [0.05, 0.1) is 0 Å². The molecule has 0 radical (unpaired) electrons. The van der Waals surface area contributed by atoms with E-state index >= 15 is 0 Å². The van der Waals surface area contributed by atoms with Gasteiger partial charge in [0.2, 0.25) is 0 Å². The second-order valence-corrected chi connectivity index (χ2v) is 3.65. The molecule has 0 heterocycles. The smallest absolute Gasteiger partial charge is 0.124 e. The molecule has 2 nitrogen and oxygen atoms in total. The number of phenolic OH excluding ortho intramolecular Hbond substituents is 1. The Labute approximate surface area is 85.1 Å². The number of hydrogen-bond donors (Lipinski definition) is 2. The van der Waals surface area contributed by atoms with E-state index in [-0.39, 0.29) is 5.75 Å². The Balaban J connectivity index is 2.94. The van der Waals surface area contributed by atoms with Gasteiger partial charge in [0.15, 0.2) is 0 Å². The standard InChI is InChI=1S/C12H17NO/c1-3-4-9(2)10-5-6-12(14)11(7-10)8-13/h5-9,13-14H,3-4H2,1-2H3. The van der Waals surface area contributed by atoms with Gasteiger partial charge in [0.25, 0.3) is 0 Å². The molecule has 0 saturated heterocycles. The molecule has 0 bridgehead atoms. The van der Waals surface area contributed by atoms with Gasteiger partial charge in [-0.2, -0.15) is 0 Å². The topological polar surface area (TPSA) is 44.1 Å². The number of aromatic hydroxyl groups is 1. The summed E-state index contributed by atoms with van der Waals surface area (Å²) in [4.78, 5) is 0. The van der Waals surface area contributed by atoms with Crippen LogP contribution in [0.4, 0.5) is 0 Å². The first kappa shape index (κ1) is 10.8. The van der Waals surface area contributed by atoms with Crippen molar-refractivity contribution in [1.82, 2.24) is 0 Å². The molecule has 0 aliphatic carbocycles. The third-order valence-electron chi connectivity index (χ3n) is 2.50. The lowest BCUT2D eigenvalue weighted by Crippen LogP contribution is -1.94. The number of hydrogen-bond acceptors (Lipinski definition) is 2. The molecule has 1 unspecified atom stereocenters. The van der Waals surface area contributed by atoms with E-state index in [4.69, 9.17) is 5.41 Å². The predicted octanol–water partition coefficient (Wildman–Crippen LogP) is 3.29. The molecular formula is C12H17NO. The normalized spacial score (nSPS) is 12.4. The lowest BCUT2D eigenvalue weighted by atomic mass is 9.95. The quantitative estimate of drug-likeness (QED) is 0.705. The van der Waals surface area contributed by atoms with Crippen LogP contribution in [0.3, 0.4) is 0 Å². The van der Waals surface area contributed by atoms with Crippen molar-refractivity contribution < 1.29 is 5.11 Å². The van der Waals surface area contributed by atoms with E-state index in [1.54, 1.807) is 6.07 Å². The number of nitrogens with one attached hydrogen (secondary N) is 1. The minimum atomic E-state index is 0.187. The van der Waals surface area contributed by atoms with Crippen molar-refractivity contribution >= 4 is 6.21 Å². The van der Waals surface area contributed by atoms with Crippen LogP contribution >= 0.6 is 0 Å². The summed E-state index contributed by atoms with van der Waals surface area (Å²) in [5, 5.41) is 16.5. The lowest BCUT2D eigenvalue weighted by Gasteiger charge is -2.11. The van der Waals surface area contributed by atoms with E-state index in [2.05, 4.69) is 13.8 Å². The van der Waals surface area contributed by atoms with Crippen LogP contribution < -0.4 is 0 Å². The van der Waals surface area contributed by atoms with Gasteiger partial charge < -0.3 is 10.5 Å². The van der Waals surface area contributed by atoms with Gasteiger partial charge in [-0.3, -0.25) is 0 Å². The van der Waals surface area contributed by atoms with Crippen molar-refractivity contribution in [3.63, 3.8) is 0 Å². The highest BCUT2D eigenvalue weighted by Crippen LogP contribution is 2.24. The van der Waals surface area contributed by atoms with E-state index in [0.717, 1.165) is 12.8 Å². The Bertz CT molecular complexity index is 320. The third-order valence-corrected chi connectivity index (χ3v) is 2.50. The molecule has 0 aliphatic rings. The summed E-state index contributed by atoms with van der Waals surface area (Å²) in [6.45, 7) is 4.33. The van der Waals surface area contributed by atoms with E-state index in [0.29, 0.717) is 11.5 Å². The highest BCUT2D eigenvalue weighted by atomic mass is 16.3. The maximum Gasteiger partial charge on any atom is 0.124 e. The SMILES string of the molecule is CCCC(C)c1ccc(O)c(C=N)c1. The molecule has 0 amide bonds. The maximum absolute atomic E-state index is 9.40. The maximum atomic E-state index is 9.40. The van der Waals surface area contributed by atoms with Crippen LogP contribution in [-0.4, -0.2) is 11.3 Å². The van der Waals surface area contributed by atoms with Crippen LogP contribution in [0.15, 0.2) is 18.2 Å². The minimum absolute atomic E-state index is 0.187. The largest absolute Gasteiger partial charge is 0.507 e. The fourth-order valence-electron chi connectivity index (χ4n) is 1.59. The molecule has 1 aromatic carbocycles. The zero-order valence-corrected chi connectivity index (χ0v) is 8.75. The van der Waals surface area contributed by atoms with Gasteiger partial charge in [0.1, 0.15) is 5.75 Å². The molecule has 0 spiro atoms. The number of phenols is 1. The molecule has 2 N–H and O–H groups in total. The first-order chi connectivity index (χ1) is 6.69. The Kier molecular flexibility index (Phi) is 3.69. The summed E-state index contributed by atoms with van der Waals surface area (Å²) in [5.41, 5.74) is 1.80. The van der Waals surface area contributed by atoms with Gasteiger partial charge in [0, 0.05) is 11.8 Å². The van der Waals surface area contributed by atoms with Crippen molar-refractivity contribution in [1.29, 1.82) is 5.41 Å². The summed E-state index contributed by atoms with van der Waals surface area (Å²) in [6.07, 6.45) is 3.49. The molecule has 0 saturated carbocycles. The minimum Gasteiger partial charge on any atom is -0.507 e. The van der Waals surface area contributed by atoms with Crippen molar-refractivity contribution in [3.05, 3.63) is 29.3 Å². The predicted molar refractivity (Wildman–Crippen MR) is 59.3 cm³/mol. The number of benzene rings is 1. The van der Waals surface area contributed by atoms with Crippen LogP contribution in [0.5, 0.6) is 5.75 Å². The molecular weight excluding hydrogens is 174 g/mol. The summed E-state index contributed by atoms with van der Waals surface area (Å²) in [5.74, 6) is 0.687. The van der Waals surface area contributed by atoms with Gasteiger partial charge in [-0.25, -0.2) is 0 Å². The van der Waals surface area contributed by atoms with Crippen molar-refractivity contribution in [2.45, 2.75) is 32.6 Å². The van der Waals surface area contributed by atoms with Gasteiger partial charge in [-0.05, 0) is 30.0 Å². The average Bonchev–Trinajstić information content (AvgIpc) is 2.19. The first-order valence-corrected chi connectivity index (χ1v) is 5.02. The summed E-state index contributed by atoms with van der Waals surface area (Å²) in [6, 6.07) is 5.49. The molecule has 0 aromatic heterocycles. The van der Waals surface area contributed by atoms with Crippen LogP contribution in [0.1, 0.15) is 43.7 Å². The molecule has 2 heteroatoms. The molecule has 1 atom stereocenters. The Morgan fingerprint density at radius 2 is 2.21 bits per heavy atom. The van der Waals surface area contributed by atoms with Crippen molar-refractivity contribution in [3.8, 4) is 5.75 Å². The highest BCUT2D eigenvalue weighted by Gasteiger charge is 2.06. The second kappa shape index (κ2) is 4.80. The van der Waals surface area contributed by atoms with E-state index in [1.807, 2.05) is 12.1 Å². The van der Waals surface area contributed by atoms with E-state index < -0.39 is 0 Å². The first-order valence-electron chi connectivity index (χ1n) is 5.02. The molecule has 76 valence electrons. The molecule has 1 rings (SSSR count). The molecule has 0 aliphatic heterocycles. The summed E-state index contributed by atoms with van der Waals surface area (Å²) < 4.78 is 0. The Hall–Kier alpha value is -1.31. The van der Waals surface area contributed by atoms with Gasteiger partial charge in [-0.1, -0.05) is 26.3 Å². The molecule has 14 heavy (non-hydrogen) atoms. The fraction of sp³-hybridized carbons (Fsp3) is 0.417. The zero-order chi connectivity index (χ0) is 10.6. The van der Waals surface area contributed by atoms with Crippen LogP contribution in [-0.2, 0) is 0 Å². The summed E-state index contributed by atoms with van der Waals surface area (Å²) in [7, 11) is 0. The van der Waals surface area contributed by atoms with Crippen molar-refractivity contribution in [2.75, 3.05) is 0 Å². The van der Waals surface area contributed by atoms with Gasteiger partial charge >= 0.3 is 0 Å². The van der Waals surface area contributed by atoms with Crippen LogP contribution in [0.2, 0.25) is 0 Å². The van der Waals surface area contributed by atoms with Crippen LogP contribution in [0, 0.1) is 5.41 Å². The van der Waals surface area contributed by atoms with Crippen molar-refractivity contribution in [2.24, 2.45) is 0 Å².